The Kier molecular flexibility index (Phi) is 5.06. The van der Waals surface area contributed by atoms with Gasteiger partial charge in [0.05, 0.1) is 17.7 Å². The molecule has 0 bridgehead atoms. The van der Waals surface area contributed by atoms with E-state index < -0.39 is 23.6 Å². The van der Waals surface area contributed by atoms with Crippen molar-refractivity contribution in [3.05, 3.63) is 71.6 Å². The minimum atomic E-state index is -1.49. The topological polar surface area (TPSA) is 108 Å². The minimum absolute atomic E-state index is 0.0684. The fourth-order valence-corrected chi connectivity index (χ4v) is 4.57. The summed E-state index contributed by atoms with van der Waals surface area (Å²) in [6.45, 7) is 1.97. The Bertz CT molecular complexity index is 1130. The monoisotopic (exact) mass is 396 g/mol. The summed E-state index contributed by atoms with van der Waals surface area (Å²) in [5, 5.41) is 39.2. The predicted molar refractivity (Wildman–Crippen MR) is 111 cm³/mol. The Morgan fingerprint density at radius 3 is 2.43 bits per heavy atom. The van der Waals surface area contributed by atoms with E-state index in [1.165, 1.54) is 0 Å². The van der Waals surface area contributed by atoms with Gasteiger partial charge < -0.3 is 5.11 Å². The van der Waals surface area contributed by atoms with Gasteiger partial charge in [-0.1, -0.05) is 36.4 Å². The molecule has 0 radical (unpaired) electrons. The number of aryl methyl sites for hydroxylation is 1. The number of pyridine rings is 1. The highest BCUT2D eigenvalue weighted by molar-refractivity contribution is 6.13. The van der Waals surface area contributed by atoms with Crippen molar-refractivity contribution in [2.75, 3.05) is 0 Å². The van der Waals surface area contributed by atoms with Crippen molar-refractivity contribution in [1.82, 2.24) is 0 Å². The van der Waals surface area contributed by atoms with Crippen LogP contribution in [0.25, 0.3) is 0 Å². The number of nitrogens with zero attached hydrogens (tertiary/aromatic N) is 4. The second-order valence-corrected chi connectivity index (χ2v) is 7.90. The van der Waals surface area contributed by atoms with E-state index in [1.54, 1.807) is 0 Å². The van der Waals surface area contributed by atoms with Gasteiger partial charge >= 0.3 is 0 Å². The number of aliphatic imine (C=N–C) groups is 1. The summed E-state index contributed by atoms with van der Waals surface area (Å²) in [6, 6.07) is 19.1. The van der Waals surface area contributed by atoms with Gasteiger partial charge in [-0.15, -0.1) is 0 Å². The van der Waals surface area contributed by atoms with Crippen molar-refractivity contribution in [2.24, 2.45) is 16.8 Å². The molecule has 6 heteroatoms. The van der Waals surface area contributed by atoms with Crippen LogP contribution >= 0.6 is 0 Å². The van der Waals surface area contributed by atoms with Gasteiger partial charge in [-0.2, -0.15) is 15.1 Å². The van der Waals surface area contributed by atoms with Crippen LogP contribution in [-0.4, -0.2) is 22.4 Å². The van der Waals surface area contributed by atoms with Crippen molar-refractivity contribution in [2.45, 2.75) is 37.5 Å². The third kappa shape index (κ3) is 3.13. The summed E-state index contributed by atoms with van der Waals surface area (Å²) >= 11 is 0. The Morgan fingerprint density at radius 2 is 1.87 bits per heavy atom. The minimum Gasteiger partial charge on any atom is -0.364 e. The first kappa shape index (κ1) is 19.7. The van der Waals surface area contributed by atoms with Crippen LogP contribution in [0.4, 0.5) is 0 Å². The highest BCUT2D eigenvalue weighted by Crippen LogP contribution is 2.54. The van der Waals surface area contributed by atoms with Crippen LogP contribution in [-0.2, 0) is 0 Å². The molecule has 0 unspecified atom stereocenters. The van der Waals surface area contributed by atoms with E-state index in [2.05, 4.69) is 16.9 Å². The summed E-state index contributed by atoms with van der Waals surface area (Å²) in [4.78, 5) is 4.63. The lowest BCUT2D eigenvalue weighted by Gasteiger charge is -2.41. The normalized spacial score (nSPS) is 27.9. The average Bonchev–Trinajstić information content (AvgIpc) is 3.62. The number of nitriles is 2. The molecule has 0 amide bonds. The summed E-state index contributed by atoms with van der Waals surface area (Å²) in [7, 11) is 0. The predicted octanol–water partition coefficient (Wildman–Crippen LogP) is 3.00. The highest BCUT2D eigenvalue weighted by atomic mass is 16.3. The van der Waals surface area contributed by atoms with Crippen molar-refractivity contribution in [1.29, 1.82) is 15.9 Å². The number of hydrogen-bond donors (Lipinski definition) is 2. The molecule has 1 aromatic heterocycles. The van der Waals surface area contributed by atoms with Gasteiger partial charge in [0.15, 0.2) is 11.9 Å². The van der Waals surface area contributed by atoms with Gasteiger partial charge in [0.25, 0.3) is 0 Å². The first-order valence-corrected chi connectivity index (χ1v) is 9.98. The molecule has 0 saturated heterocycles. The zero-order valence-electron chi connectivity index (χ0n) is 16.7. The zero-order valence-corrected chi connectivity index (χ0v) is 16.7. The number of aliphatic hydroxyl groups is 1. The van der Waals surface area contributed by atoms with E-state index in [-0.39, 0.29) is 17.2 Å². The number of allylic oxidation sites excluding steroid dienone is 1. The maximum absolute atomic E-state index is 12.0. The summed E-state index contributed by atoms with van der Waals surface area (Å²) in [5.41, 5.74) is 0.400. The molecule has 148 valence electrons. The Morgan fingerprint density at radius 1 is 1.17 bits per heavy atom. The highest BCUT2D eigenvalue weighted by Gasteiger charge is 2.62. The molecule has 2 N–H and O–H groups in total. The van der Waals surface area contributed by atoms with Crippen LogP contribution < -0.4 is 4.57 Å². The van der Waals surface area contributed by atoms with Gasteiger partial charge in [0.1, 0.15) is 17.6 Å². The fraction of sp³-hybridized carbons (Fsp3) is 0.333. The lowest BCUT2D eigenvalue weighted by atomic mass is 9.70. The Labute approximate surface area is 175 Å². The largest absolute Gasteiger partial charge is 0.364 e. The van der Waals surface area contributed by atoms with Crippen LogP contribution in [0, 0.1) is 46.8 Å². The van der Waals surface area contributed by atoms with Gasteiger partial charge in [-0.25, -0.2) is 4.99 Å². The lowest BCUT2D eigenvalue weighted by molar-refractivity contribution is -0.748. The number of benzene rings is 1. The maximum Gasteiger partial charge on any atom is 0.222 e. The maximum atomic E-state index is 12.0. The van der Waals surface area contributed by atoms with E-state index in [0.29, 0.717) is 0 Å². The van der Waals surface area contributed by atoms with E-state index in [9.17, 15) is 15.6 Å². The van der Waals surface area contributed by atoms with E-state index in [1.807, 2.05) is 72.3 Å². The lowest BCUT2D eigenvalue weighted by Crippen LogP contribution is -2.61. The third-order valence-electron chi connectivity index (χ3n) is 6.13. The van der Waals surface area contributed by atoms with Crippen LogP contribution in [0.5, 0.6) is 0 Å². The smallest absolute Gasteiger partial charge is 0.222 e. The molecule has 2 aliphatic rings. The quantitative estimate of drug-likeness (QED) is 0.471. The first-order valence-electron chi connectivity index (χ1n) is 9.98. The van der Waals surface area contributed by atoms with Crippen molar-refractivity contribution in [3.63, 3.8) is 0 Å². The SMILES string of the molecule is Cc1cccc[n+]1[C@H]1[C@@H](c2ccccc2)[C@H](C#N)C(C(=C=N)C#N)=N[C@]1(O)C1CC1. The van der Waals surface area contributed by atoms with Crippen LogP contribution in [0.3, 0.4) is 0 Å². The molecule has 2 heterocycles. The second-order valence-electron chi connectivity index (χ2n) is 7.90. The molecular formula is C24H22N5O+. The molecule has 4 rings (SSSR count). The number of hydrogen-bond acceptors (Lipinski definition) is 5. The molecular weight excluding hydrogens is 374 g/mol. The third-order valence-corrected chi connectivity index (χ3v) is 6.13. The molecule has 1 fully saturated rings. The van der Waals surface area contributed by atoms with Gasteiger partial charge in [0, 0.05) is 25.0 Å². The zero-order chi connectivity index (χ0) is 21.3. The van der Waals surface area contributed by atoms with Crippen molar-refractivity contribution < 1.29 is 9.67 Å². The van der Waals surface area contributed by atoms with Crippen molar-refractivity contribution in [3.8, 4) is 12.1 Å². The number of rotatable bonds is 4. The number of nitrogens with one attached hydrogen (secondary N) is 1. The Balaban J connectivity index is 2.04. The molecule has 1 aliphatic heterocycles. The van der Waals surface area contributed by atoms with E-state index >= 15 is 0 Å². The molecule has 1 aliphatic carbocycles. The molecule has 1 saturated carbocycles. The fourth-order valence-electron chi connectivity index (χ4n) is 4.57. The van der Waals surface area contributed by atoms with Crippen LogP contribution in [0.2, 0.25) is 0 Å². The summed E-state index contributed by atoms with van der Waals surface area (Å²) in [6.07, 6.45) is 3.56. The van der Waals surface area contributed by atoms with Gasteiger partial charge in [-0.05, 0) is 24.3 Å². The molecule has 0 spiro atoms. The summed E-state index contributed by atoms with van der Waals surface area (Å²) < 4.78 is 2.00. The van der Waals surface area contributed by atoms with E-state index in [0.717, 1.165) is 24.1 Å². The van der Waals surface area contributed by atoms with Gasteiger partial charge in [0.2, 0.25) is 11.8 Å². The molecule has 30 heavy (non-hydrogen) atoms. The molecule has 2 aromatic rings. The second kappa shape index (κ2) is 7.69. The van der Waals surface area contributed by atoms with Gasteiger partial charge in [-0.3, -0.25) is 5.41 Å². The van der Waals surface area contributed by atoms with Crippen molar-refractivity contribution >= 4 is 11.6 Å². The standard InChI is InChI=1S/C24H22N5O/c1-16-7-5-6-12-29(16)23-21(17-8-3-2-4-9-17)20(15-27)22(18(13-25)14-26)28-24(23,30)19-10-11-19/h2-9,12,19-21,23,25,30H,10-11H2,1H3/q+1/t20-,21-,23-,24-/m0/s1. The van der Waals surface area contributed by atoms with Crippen LogP contribution in [0.1, 0.15) is 36.1 Å². The van der Waals surface area contributed by atoms with E-state index in [4.69, 9.17) is 5.41 Å². The summed E-state index contributed by atoms with van der Waals surface area (Å²) in [5.74, 6) is 0.816. The molecule has 1 aromatic carbocycles. The molecule has 6 nitrogen and oxygen atoms in total. The number of aromatic nitrogens is 1. The average molecular weight is 396 g/mol. The molecule has 4 atom stereocenters. The Hall–Kier alpha value is -3.57. The first-order chi connectivity index (χ1) is 14.5. The van der Waals surface area contributed by atoms with Crippen LogP contribution in [0.15, 0.2) is 65.3 Å².